The fourth-order valence-electron chi connectivity index (χ4n) is 3.84. The molecule has 0 N–H and O–H groups in total. The molecule has 0 saturated heterocycles. The van der Waals surface area contributed by atoms with E-state index in [1.54, 1.807) is 30.3 Å². The van der Waals surface area contributed by atoms with Crippen molar-refractivity contribution in [1.82, 2.24) is 10.0 Å². The number of hydroxylamine groups is 2. The van der Waals surface area contributed by atoms with Crippen LogP contribution in [0.25, 0.3) is 10.9 Å². The molecule has 6 nitrogen and oxygen atoms in total. The minimum Gasteiger partial charge on any atom is -0.324 e. The van der Waals surface area contributed by atoms with Crippen LogP contribution in [0, 0.1) is 13.8 Å². The van der Waals surface area contributed by atoms with Crippen molar-refractivity contribution in [3.8, 4) is 0 Å². The lowest BCUT2D eigenvalue weighted by Gasteiger charge is -2.15. The topological polar surface area (TPSA) is 76.6 Å². The van der Waals surface area contributed by atoms with Crippen molar-refractivity contribution in [2.45, 2.75) is 32.6 Å². The van der Waals surface area contributed by atoms with Crippen molar-refractivity contribution in [1.29, 1.82) is 0 Å². The van der Waals surface area contributed by atoms with E-state index in [9.17, 15) is 14.4 Å². The van der Waals surface area contributed by atoms with Gasteiger partial charge in [-0.1, -0.05) is 28.8 Å². The molecule has 3 aromatic rings. The lowest BCUT2D eigenvalue weighted by molar-refractivity contribution is -0.0583. The second kappa shape index (κ2) is 6.24. The lowest BCUT2D eigenvalue weighted by Crippen LogP contribution is -2.32. The first-order valence-electron chi connectivity index (χ1n) is 9.56. The van der Waals surface area contributed by atoms with Crippen LogP contribution in [0.3, 0.4) is 0 Å². The van der Waals surface area contributed by atoms with Crippen LogP contribution in [-0.4, -0.2) is 27.8 Å². The smallest absolute Gasteiger partial charge is 0.324 e. The van der Waals surface area contributed by atoms with Gasteiger partial charge in [0.25, 0.3) is 11.8 Å². The van der Waals surface area contributed by atoms with Gasteiger partial charge in [-0.05, 0) is 56.5 Å². The molecule has 29 heavy (non-hydrogen) atoms. The first kappa shape index (κ1) is 17.6. The van der Waals surface area contributed by atoms with E-state index in [0.717, 1.165) is 35.2 Å². The summed E-state index contributed by atoms with van der Waals surface area (Å²) in [5.41, 5.74) is 4.34. The Kier molecular flexibility index (Phi) is 3.77. The molecule has 2 amide bonds. The van der Waals surface area contributed by atoms with Crippen LogP contribution in [-0.2, 0) is 4.84 Å². The predicted molar refractivity (Wildman–Crippen MR) is 106 cm³/mol. The van der Waals surface area contributed by atoms with Crippen LogP contribution >= 0.6 is 0 Å². The zero-order valence-electron chi connectivity index (χ0n) is 16.1. The fourth-order valence-corrected chi connectivity index (χ4v) is 3.84. The van der Waals surface area contributed by atoms with E-state index in [2.05, 4.69) is 0 Å². The van der Waals surface area contributed by atoms with Gasteiger partial charge in [0, 0.05) is 17.0 Å². The zero-order chi connectivity index (χ0) is 20.3. The molecule has 1 aliphatic heterocycles. The van der Waals surface area contributed by atoms with Crippen LogP contribution in [0.1, 0.15) is 66.7 Å². The molecule has 6 heteroatoms. The molecule has 1 saturated carbocycles. The number of carbonyl (C=O) groups is 3. The molecule has 5 rings (SSSR count). The molecule has 0 spiro atoms. The van der Waals surface area contributed by atoms with Gasteiger partial charge in [-0.3, -0.25) is 14.6 Å². The highest BCUT2D eigenvalue weighted by Gasteiger charge is 2.39. The van der Waals surface area contributed by atoms with Crippen LogP contribution in [0.5, 0.6) is 0 Å². The molecular weight excluding hydrogens is 368 g/mol. The van der Waals surface area contributed by atoms with E-state index >= 15 is 0 Å². The number of aromatic nitrogens is 1. The highest BCUT2D eigenvalue weighted by atomic mass is 16.7. The molecule has 0 atom stereocenters. The first-order valence-corrected chi connectivity index (χ1v) is 9.56. The molecular formula is C23H18N2O4. The molecule has 1 fully saturated rings. The zero-order valence-corrected chi connectivity index (χ0v) is 16.1. The molecule has 144 valence electrons. The maximum absolute atomic E-state index is 13.1. The summed E-state index contributed by atoms with van der Waals surface area (Å²) >= 11 is 0. The van der Waals surface area contributed by atoms with E-state index in [-0.39, 0.29) is 11.1 Å². The Balaban J connectivity index is 1.56. The number of imide groups is 1. The van der Waals surface area contributed by atoms with Crippen LogP contribution in [0.4, 0.5) is 0 Å². The van der Waals surface area contributed by atoms with E-state index < -0.39 is 17.8 Å². The second-order valence-electron chi connectivity index (χ2n) is 7.68. The quantitative estimate of drug-likeness (QED) is 0.634. The summed E-state index contributed by atoms with van der Waals surface area (Å²) in [4.78, 5) is 48.2. The van der Waals surface area contributed by atoms with Crippen molar-refractivity contribution in [2.75, 3.05) is 0 Å². The predicted octanol–water partition coefficient (Wildman–Crippen LogP) is 4.10. The Morgan fingerprint density at radius 1 is 1.03 bits per heavy atom. The van der Waals surface area contributed by atoms with Gasteiger partial charge in [0.05, 0.1) is 22.2 Å². The van der Waals surface area contributed by atoms with Gasteiger partial charge in [-0.25, -0.2) is 4.79 Å². The Morgan fingerprint density at radius 3 is 2.31 bits per heavy atom. The van der Waals surface area contributed by atoms with E-state index in [1.807, 2.05) is 26.0 Å². The Hall–Kier alpha value is -3.54. The normalized spacial score (nSPS) is 15.7. The summed E-state index contributed by atoms with van der Waals surface area (Å²) in [6.07, 6.45) is 2.08. The van der Waals surface area contributed by atoms with Gasteiger partial charge in [-0.2, -0.15) is 0 Å². The number of nitrogens with zero attached hydrogens (tertiary/aromatic N) is 2. The monoisotopic (exact) mass is 386 g/mol. The number of amides is 2. The van der Waals surface area contributed by atoms with Crippen molar-refractivity contribution in [2.24, 2.45) is 0 Å². The van der Waals surface area contributed by atoms with Gasteiger partial charge in [-0.15, -0.1) is 0 Å². The Morgan fingerprint density at radius 2 is 1.69 bits per heavy atom. The number of carbonyl (C=O) groups excluding carboxylic acids is 3. The summed E-state index contributed by atoms with van der Waals surface area (Å²) < 4.78 is 0. The standard InChI is InChI=1S/C23H18N2O4/c1-12-9-13(2)20-17(10-12)18(11-19(24-20)14-7-8-14)23(28)29-25-21(26)15-5-3-4-6-16(15)22(25)27/h3-6,9-11,14H,7-8H2,1-2H3. The molecule has 2 aliphatic rings. The number of aryl methyl sites for hydroxylation is 2. The summed E-state index contributed by atoms with van der Waals surface area (Å²) in [5.74, 6) is -1.66. The average molecular weight is 386 g/mol. The van der Waals surface area contributed by atoms with Gasteiger partial charge < -0.3 is 4.84 Å². The first-order chi connectivity index (χ1) is 13.9. The fraction of sp³-hybridized carbons (Fsp3) is 0.217. The average Bonchev–Trinajstić information content (AvgIpc) is 3.52. The maximum atomic E-state index is 13.1. The summed E-state index contributed by atoms with van der Waals surface area (Å²) in [6.45, 7) is 3.90. The summed E-state index contributed by atoms with van der Waals surface area (Å²) in [6, 6.07) is 12.1. The van der Waals surface area contributed by atoms with E-state index in [0.29, 0.717) is 21.9 Å². The van der Waals surface area contributed by atoms with Crippen LogP contribution in [0.2, 0.25) is 0 Å². The van der Waals surface area contributed by atoms with Gasteiger partial charge in [0.15, 0.2) is 0 Å². The van der Waals surface area contributed by atoms with Crippen molar-refractivity contribution >= 4 is 28.7 Å². The molecule has 1 aliphatic carbocycles. The molecule has 2 aromatic carbocycles. The van der Waals surface area contributed by atoms with Crippen LogP contribution in [0.15, 0.2) is 42.5 Å². The van der Waals surface area contributed by atoms with E-state index in [4.69, 9.17) is 9.82 Å². The van der Waals surface area contributed by atoms with Crippen LogP contribution < -0.4 is 0 Å². The number of rotatable bonds is 3. The van der Waals surface area contributed by atoms with Crippen molar-refractivity contribution in [3.05, 3.63) is 76.0 Å². The SMILES string of the molecule is Cc1cc(C)c2nc(C3CC3)cc(C(=O)ON3C(=O)c4ccccc4C3=O)c2c1. The number of fused-ring (bicyclic) bond motifs is 2. The molecule has 0 unspecified atom stereocenters. The third-order valence-electron chi connectivity index (χ3n) is 5.41. The number of hydrogen-bond donors (Lipinski definition) is 0. The highest BCUT2D eigenvalue weighted by Crippen LogP contribution is 2.40. The van der Waals surface area contributed by atoms with Crippen molar-refractivity contribution in [3.63, 3.8) is 0 Å². The van der Waals surface area contributed by atoms with Crippen molar-refractivity contribution < 1.29 is 19.2 Å². The molecule has 1 aromatic heterocycles. The van der Waals surface area contributed by atoms with E-state index in [1.165, 1.54) is 0 Å². The molecule has 0 radical (unpaired) electrons. The van der Waals surface area contributed by atoms with Gasteiger partial charge in [0.2, 0.25) is 0 Å². The minimum absolute atomic E-state index is 0.232. The largest absolute Gasteiger partial charge is 0.364 e. The number of pyridine rings is 1. The third kappa shape index (κ3) is 2.79. The highest BCUT2D eigenvalue weighted by molar-refractivity contribution is 6.21. The third-order valence-corrected chi connectivity index (χ3v) is 5.41. The summed E-state index contributed by atoms with van der Waals surface area (Å²) in [7, 11) is 0. The second-order valence-corrected chi connectivity index (χ2v) is 7.68. The summed E-state index contributed by atoms with van der Waals surface area (Å²) in [5, 5.41) is 1.21. The number of hydrogen-bond acceptors (Lipinski definition) is 5. The Bertz CT molecular complexity index is 1190. The van der Waals surface area contributed by atoms with Gasteiger partial charge in [0.1, 0.15) is 0 Å². The Labute approximate surface area is 167 Å². The van der Waals surface area contributed by atoms with Gasteiger partial charge >= 0.3 is 5.97 Å². The molecule has 2 heterocycles. The lowest BCUT2D eigenvalue weighted by atomic mass is 10.0. The molecule has 0 bridgehead atoms. The number of benzene rings is 2. The maximum Gasteiger partial charge on any atom is 0.364 e. The minimum atomic E-state index is -0.737.